The smallest absolute Gasteiger partial charge is 0.338 e. The second-order valence-electron chi connectivity index (χ2n) is 5.08. The first-order valence-corrected chi connectivity index (χ1v) is 7.63. The summed E-state index contributed by atoms with van der Waals surface area (Å²) in [4.78, 5) is 34.8. The third-order valence-electron chi connectivity index (χ3n) is 3.28. The normalized spacial score (nSPS) is 10.1. The quantitative estimate of drug-likeness (QED) is 0.520. The summed E-state index contributed by atoms with van der Waals surface area (Å²) in [6.45, 7) is -0.560. The molecule has 2 aromatic rings. The number of carbonyl (C=O) groups excluding carboxylic acids is 2. The molecule has 0 aromatic heterocycles. The van der Waals surface area contributed by atoms with Crippen LogP contribution in [0, 0.1) is 0 Å². The van der Waals surface area contributed by atoms with Crippen molar-refractivity contribution in [3.05, 3.63) is 52.5 Å². The minimum Gasteiger partial charge on any atom is -0.495 e. The molecular formula is C17H15ClN2O6. The minimum absolute atomic E-state index is 0.0408. The number of ether oxygens (including phenoxy) is 2. The summed E-state index contributed by atoms with van der Waals surface area (Å²) < 4.78 is 9.89. The summed E-state index contributed by atoms with van der Waals surface area (Å²) in [5.74, 6) is -2.19. The van der Waals surface area contributed by atoms with Gasteiger partial charge < -0.3 is 25.6 Å². The van der Waals surface area contributed by atoms with Crippen LogP contribution in [0.15, 0.2) is 36.4 Å². The van der Waals surface area contributed by atoms with Gasteiger partial charge in [-0.15, -0.1) is 0 Å². The topological polar surface area (TPSA) is 128 Å². The number of nitrogens with two attached hydrogens (primary N) is 1. The van der Waals surface area contributed by atoms with Crippen molar-refractivity contribution in [1.82, 2.24) is 0 Å². The molecule has 0 radical (unpaired) electrons. The zero-order chi connectivity index (χ0) is 19.3. The van der Waals surface area contributed by atoms with Crippen LogP contribution in [-0.4, -0.2) is 36.7 Å². The van der Waals surface area contributed by atoms with Gasteiger partial charge in [-0.1, -0.05) is 11.6 Å². The van der Waals surface area contributed by atoms with Gasteiger partial charge >= 0.3 is 11.9 Å². The number of methoxy groups -OCH3 is 1. The predicted molar refractivity (Wildman–Crippen MR) is 94.7 cm³/mol. The van der Waals surface area contributed by atoms with Crippen molar-refractivity contribution in [3.8, 4) is 5.75 Å². The van der Waals surface area contributed by atoms with Crippen LogP contribution in [0.3, 0.4) is 0 Å². The van der Waals surface area contributed by atoms with Gasteiger partial charge in [0, 0.05) is 5.69 Å². The number of hydrogen-bond donors (Lipinski definition) is 3. The number of esters is 1. The summed E-state index contributed by atoms with van der Waals surface area (Å²) in [7, 11) is 1.44. The Balaban J connectivity index is 1.96. The first kappa shape index (κ1) is 19.1. The van der Waals surface area contributed by atoms with Crippen LogP contribution in [0.4, 0.5) is 11.4 Å². The van der Waals surface area contributed by atoms with Crippen molar-refractivity contribution in [2.75, 3.05) is 24.8 Å². The van der Waals surface area contributed by atoms with Crippen molar-refractivity contribution in [2.24, 2.45) is 0 Å². The molecule has 1 amide bonds. The lowest BCUT2D eigenvalue weighted by Crippen LogP contribution is -2.21. The molecule has 0 unspecified atom stereocenters. The van der Waals surface area contributed by atoms with E-state index in [1.165, 1.54) is 43.5 Å². The number of aromatic carboxylic acids is 1. The molecule has 2 rings (SSSR count). The molecule has 136 valence electrons. The summed E-state index contributed by atoms with van der Waals surface area (Å²) in [6.07, 6.45) is 0. The average Bonchev–Trinajstić information content (AvgIpc) is 2.61. The highest BCUT2D eigenvalue weighted by Crippen LogP contribution is 2.22. The molecule has 26 heavy (non-hydrogen) atoms. The summed E-state index contributed by atoms with van der Waals surface area (Å²) in [5.41, 5.74) is 6.18. The van der Waals surface area contributed by atoms with Gasteiger partial charge in [0.2, 0.25) is 0 Å². The first-order chi connectivity index (χ1) is 12.3. The molecule has 0 spiro atoms. The minimum atomic E-state index is -1.23. The van der Waals surface area contributed by atoms with E-state index in [0.29, 0.717) is 5.75 Å². The SMILES string of the molecule is COc1ccc(C(=O)OCC(=O)Nc2ccc(Cl)c(C(=O)O)c2)cc1N. The molecule has 0 fully saturated rings. The molecule has 0 aliphatic rings. The summed E-state index contributed by atoms with van der Waals surface area (Å²) in [5, 5.41) is 11.5. The van der Waals surface area contributed by atoms with Crippen LogP contribution in [0.25, 0.3) is 0 Å². The van der Waals surface area contributed by atoms with Crippen LogP contribution in [0.2, 0.25) is 5.02 Å². The standard InChI is InChI=1S/C17H15ClN2O6/c1-25-14-5-2-9(6-13(14)19)17(24)26-8-15(21)20-10-3-4-12(18)11(7-10)16(22)23/h2-7H,8,19H2,1H3,(H,20,21)(H,22,23). The number of amides is 1. The molecule has 0 aliphatic heterocycles. The molecular weight excluding hydrogens is 364 g/mol. The first-order valence-electron chi connectivity index (χ1n) is 7.25. The van der Waals surface area contributed by atoms with Gasteiger partial charge in [-0.2, -0.15) is 0 Å². The second-order valence-corrected chi connectivity index (χ2v) is 5.49. The molecule has 0 atom stereocenters. The molecule has 2 aromatic carbocycles. The maximum Gasteiger partial charge on any atom is 0.338 e. The van der Waals surface area contributed by atoms with E-state index in [4.69, 9.17) is 31.9 Å². The highest BCUT2D eigenvalue weighted by Gasteiger charge is 2.14. The van der Waals surface area contributed by atoms with E-state index in [-0.39, 0.29) is 27.5 Å². The fourth-order valence-corrected chi connectivity index (χ4v) is 2.24. The van der Waals surface area contributed by atoms with Crippen LogP contribution in [0.1, 0.15) is 20.7 Å². The number of rotatable bonds is 6. The third-order valence-corrected chi connectivity index (χ3v) is 3.61. The lowest BCUT2D eigenvalue weighted by atomic mass is 10.2. The van der Waals surface area contributed by atoms with Crippen molar-refractivity contribution in [2.45, 2.75) is 0 Å². The van der Waals surface area contributed by atoms with E-state index >= 15 is 0 Å². The number of nitrogen functional groups attached to an aromatic ring is 1. The van der Waals surface area contributed by atoms with Crippen molar-refractivity contribution < 1.29 is 29.0 Å². The van der Waals surface area contributed by atoms with Crippen LogP contribution in [-0.2, 0) is 9.53 Å². The van der Waals surface area contributed by atoms with Gasteiger partial charge in [0.05, 0.1) is 28.9 Å². The zero-order valence-electron chi connectivity index (χ0n) is 13.6. The Bertz CT molecular complexity index is 868. The predicted octanol–water partition coefficient (Wildman–Crippen LogP) is 2.42. The number of carboxylic acid groups (broad SMARTS) is 1. The van der Waals surface area contributed by atoms with Crippen molar-refractivity contribution in [1.29, 1.82) is 0 Å². The van der Waals surface area contributed by atoms with Gasteiger partial charge in [0.15, 0.2) is 6.61 Å². The fourth-order valence-electron chi connectivity index (χ4n) is 2.04. The number of halogens is 1. The molecule has 8 nitrogen and oxygen atoms in total. The van der Waals surface area contributed by atoms with E-state index in [1.807, 2.05) is 0 Å². The van der Waals surface area contributed by atoms with Crippen LogP contribution < -0.4 is 15.8 Å². The van der Waals surface area contributed by atoms with E-state index < -0.39 is 24.5 Å². The fraction of sp³-hybridized carbons (Fsp3) is 0.118. The number of nitrogens with one attached hydrogen (secondary N) is 1. The largest absolute Gasteiger partial charge is 0.495 e. The second kappa shape index (κ2) is 8.21. The third kappa shape index (κ3) is 4.64. The van der Waals surface area contributed by atoms with Gasteiger partial charge in [0.25, 0.3) is 5.91 Å². The lowest BCUT2D eigenvalue weighted by molar-refractivity contribution is -0.119. The highest BCUT2D eigenvalue weighted by atomic mass is 35.5. The zero-order valence-corrected chi connectivity index (χ0v) is 14.4. The number of hydrogen-bond acceptors (Lipinski definition) is 6. The molecule has 0 bridgehead atoms. The molecule has 0 heterocycles. The van der Waals surface area contributed by atoms with Crippen LogP contribution in [0.5, 0.6) is 5.75 Å². The summed E-state index contributed by atoms with van der Waals surface area (Å²) >= 11 is 5.75. The maximum absolute atomic E-state index is 11.9. The van der Waals surface area contributed by atoms with Crippen LogP contribution >= 0.6 is 11.6 Å². The Kier molecular flexibility index (Phi) is 6.03. The molecule has 0 saturated carbocycles. The highest BCUT2D eigenvalue weighted by molar-refractivity contribution is 6.33. The Morgan fingerprint density at radius 3 is 2.54 bits per heavy atom. The Morgan fingerprint density at radius 1 is 1.19 bits per heavy atom. The van der Waals surface area contributed by atoms with E-state index in [2.05, 4.69) is 5.32 Å². The molecule has 4 N–H and O–H groups in total. The number of carbonyl (C=O) groups is 3. The lowest BCUT2D eigenvalue weighted by Gasteiger charge is -2.09. The number of anilines is 2. The van der Waals surface area contributed by atoms with Gasteiger partial charge in [-0.25, -0.2) is 9.59 Å². The summed E-state index contributed by atoms with van der Waals surface area (Å²) in [6, 6.07) is 8.30. The van der Waals surface area contributed by atoms with Crippen molar-refractivity contribution in [3.63, 3.8) is 0 Å². The number of benzene rings is 2. The Morgan fingerprint density at radius 2 is 1.92 bits per heavy atom. The Hall–Kier alpha value is -3.26. The van der Waals surface area contributed by atoms with Gasteiger partial charge in [-0.05, 0) is 36.4 Å². The van der Waals surface area contributed by atoms with Gasteiger partial charge in [-0.3, -0.25) is 4.79 Å². The van der Waals surface area contributed by atoms with Crippen molar-refractivity contribution >= 4 is 40.8 Å². The monoisotopic (exact) mass is 378 g/mol. The molecule has 9 heteroatoms. The molecule has 0 saturated heterocycles. The van der Waals surface area contributed by atoms with Gasteiger partial charge in [0.1, 0.15) is 5.75 Å². The van der Waals surface area contributed by atoms with E-state index in [1.54, 1.807) is 0 Å². The average molecular weight is 379 g/mol. The molecule has 0 aliphatic carbocycles. The van der Waals surface area contributed by atoms with E-state index in [0.717, 1.165) is 0 Å². The Labute approximate surface area is 153 Å². The number of carboxylic acids is 1. The van der Waals surface area contributed by atoms with E-state index in [9.17, 15) is 14.4 Å². The maximum atomic E-state index is 11.9.